The lowest BCUT2D eigenvalue weighted by Gasteiger charge is -2.07. The van der Waals surface area contributed by atoms with Gasteiger partial charge >= 0.3 is 0 Å². The van der Waals surface area contributed by atoms with Crippen molar-refractivity contribution < 1.29 is 9.59 Å². The highest BCUT2D eigenvalue weighted by molar-refractivity contribution is 8.15. The largest absolute Gasteiger partial charge is 0.356 e. The second kappa shape index (κ2) is 12.6. The molecule has 29 heavy (non-hydrogen) atoms. The van der Waals surface area contributed by atoms with Gasteiger partial charge in [0.15, 0.2) is 5.17 Å². The molecule has 2 amide bonds. The van der Waals surface area contributed by atoms with Gasteiger partial charge < -0.3 is 10.6 Å². The van der Waals surface area contributed by atoms with Crippen LogP contribution in [0.4, 0.5) is 0 Å². The molecule has 1 aliphatic rings. The van der Waals surface area contributed by atoms with E-state index in [-0.39, 0.29) is 18.2 Å². The molecule has 0 spiro atoms. The summed E-state index contributed by atoms with van der Waals surface area (Å²) >= 11 is 7.13. The smallest absolute Gasteiger partial charge is 0.240 e. The van der Waals surface area contributed by atoms with Crippen LogP contribution in [0.3, 0.4) is 0 Å². The highest BCUT2D eigenvalue weighted by Gasteiger charge is 2.32. The molecule has 8 heteroatoms. The second-order valence-corrected chi connectivity index (χ2v) is 8.64. The van der Waals surface area contributed by atoms with Crippen molar-refractivity contribution in [1.29, 1.82) is 0 Å². The van der Waals surface area contributed by atoms with Crippen LogP contribution >= 0.6 is 23.4 Å². The van der Waals surface area contributed by atoms with Gasteiger partial charge in [0.05, 0.1) is 5.71 Å². The van der Waals surface area contributed by atoms with Gasteiger partial charge in [0.1, 0.15) is 5.25 Å². The van der Waals surface area contributed by atoms with E-state index in [0.29, 0.717) is 22.4 Å². The minimum Gasteiger partial charge on any atom is -0.356 e. The average molecular weight is 437 g/mol. The Balaban J connectivity index is 1.74. The van der Waals surface area contributed by atoms with Gasteiger partial charge in [-0.1, -0.05) is 74.5 Å². The van der Waals surface area contributed by atoms with E-state index in [1.807, 2.05) is 19.1 Å². The Kier molecular flexibility index (Phi) is 10.2. The summed E-state index contributed by atoms with van der Waals surface area (Å²) in [6.07, 6.45) is 7.21. The van der Waals surface area contributed by atoms with Crippen molar-refractivity contribution in [2.24, 2.45) is 10.2 Å². The Bertz CT molecular complexity index is 750. The van der Waals surface area contributed by atoms with Crippen LogP contribution in [-0.4, -0.2) is 34.5 Å². The maximum Gasteiger partial charge on any atom is 0.240 e. The summed E-state index contributed by atoms with van der Waals surface area (Å²) in [5.74, 6) is -0.309. The molecule has 1 atom stereocenters. The summed E-state index contributed by atoms with van der Waals surface area (Å²) in [4.78, 5) is 24.2. The number of nitrogens with zero attached hydrogens (tertiary/aromatic N) is 2. The number of carbonyl (C=O) groups is 2. The number of rotatable bonds is 11. The van der Waals surface area contributed by atoms with Gasteiger partial charge in [0, 0.05) is 18.0 Å². The van der Waals surface area contributed by atoms with Gasteiger partial charge in [0.25, 0.3) is 0 Å². The molecule has 1 unspecified atom stereocenters. The average Bonchev–Trinajstić information content (AvgIpc) is 3.05. The summed E-state index contributed by atoms with van der Waals surface area (Å²) in [6, 6.07) is 7.29. The van der Waals surface area contributed by atoms with E-state index in [0.717, 1.165) is 18.4 Å². The third kappa shape index (κ3) is 8.58. The zero-order valence-corrected chi connectivity index (χ0v) is 18.6. The number of halogens is 1. The van der Waals surface area contributed by atoms with Gasteiger partial charge in [-0.05, 0) is 31.0 Å². The summed E-state index contributed by atoms with van der Waals surface area (Å²) in [6.45, 7) is 4.69. The molecule has 6 nitrogen and oxygen atoms in total. The van der Waals surface area contributed by atoms with Crippen molar-refractivity contribution >= 4 is 46.1 Å². The molecule has 2 N–H and O–H groups in total. The number of amides is 2. The fourth-order valence-corrected chi connectivity index (χ4v) is 3.87. The van der Waals surface area contributed by atoms with Crippen LogP contribution in [0, 0.1) is 0 Å². The van der Waals surface area contributed by atoms with Crippen molar-refractivity contribution in [3.63, 3.8) is 0 Å². The zero-order valence-electron chi connectivity index (χ0n) is 17.0. The number of amidine groups is 1. The standard InChI is InChI=1S/C21H29ClN4O2S/c1-3-4-5-6-7-8-13-23-19(27)14-18-20(28)24-21(29-18)26-25-15(2)16-9-11-17(22)12-10-16/h9-12,18H,3-8,13-14H2,1-2H3,(H,23,27)(H,24,26,28). The molecule has 1 heterocycles. The highest BCUT2D eigenvalue weighted by Crippen LogP contribution is 2.22. The van der Waals surface area contributed by atoms with Gasteiger partial charge in [-0.15, -0.1) is 5.10 Å². The van der Waals surface area contributed by atoms with E-state index in [9.17, 15) is 9.59 Å². The monoisotopic (exact) mass is 436 g/mol. The van der Waals surface area contributed by atoms with Gasteiger partial charge in [-0.25, -0.2) is 0 Å². The molecule has 0 saturated carbocycles. The topological polar surface area (TPSA) is 82.9 Å². The van der Waals surface area contributed by atoms with Gasteiger partial charge in [-0.3, -0.25) is 9.59 Å². The van der Waals surface area contributed by atoms with Gasteiger partial charge in [-0.2, -0.15) is 5.10 Å². The number of thioether (sulfide) groups is 1. The molecule has 1 aliphatic heterocycles. The van der Waals surface area contributed by atoms with Crippen molar-refractivity contribution in [2.45, 2.75) is 64.0 Å². The SMILES string of the molecule is CCCCCCCCNC(=O)CC1S/C(=N\N=C(C)c2ccc(Cl)cc2)NC1=O. The number of hydrogen-bond donors (Lipinski definition) is 2. The zero-order chi connectivity index (χ0) is 21.1. The first-order valence-electron chi connectivity index (χ1n) is 10.1. The van der Waals surface area contributed by atoms with E-state index < -0.39 is 5.25 Å². The lowest BCUT2D eigenvalue weighted by molar-refractivity contribution is -0.125. The molecule has 1 aromatic rings. The minimum absolute atomic E-state index is 0.103. The lowest BCUT2D eigenvalue weighted by atomic mass is 10.1. The van der Waals surface area contributed by atoms with E-state index >= 15 is 0 Å². The second-order valence-electron chi connectivity index (χ2n) is 7.02. The van der Waals surface area contributed by atoms with E-state index in [1.165, 1.54) is 37.4 Å². The highest BCUT2D eigenvalue weighted by atomic mass is 35.5. The fraction of sp³-hybridized carbons (Fsp3) is 0.524. The third-order valence-electron chi connectivity index (χ3n) is 4.55. The molecular formula is C21H29ClN4O2S. The maximum absolute atomic E-state index is 12.1. The van der Waals surface area contributed by atoms with Crippen LogP contribution in [0.15, 0.2) is 34.5 Å². The Morgan fingerprint density at radius 1 is 1.17 bits per heavy atom. The molecular weight excluding hydrogens is 408 g/mol. The van der Waals surface area contributed by atoms with Crippen molar-refractivity contribution in [3.8, 4) is 0 Å². The minimum atomic E-state index is -0.468. The summed E-state index contributed by atoms with van der Waals surface area (Å²) < 4.78 is 0. The van der Waals surface area contributed by atoms with Crippen molar-refractivity contribution in [1.82, 2.24) is 10.6 Å². The third-order valence-corrected chi connectivity index (χ3v) is 5.88. The molecule has 0 radical (unpaired) electrons. The van der Waals surface area contributed by atoms with E-state index in [1.54, 1.807) is 12.1 Å². The quantitative estimate of drug-likeness (QED) is 0.304. The summed E-state index contributed by atoms with van der Waals surface area (Å²) in [5.41, 5.74) is 1.61. The fourth-order valence-electron chi connectivity index (χ4n) is 2.83. The lowest BCUT2D eigenvalue weighted by Crippen LogP contribution is -2.31. The number of carbonyl (C=O) groups excluding carboxylic acids is 2. The van der Waals surface area contributed by atoms with Crippen LogP contribution in [0.1, 0.15) is 64.4 Å². The summed E-state index contributed by atoms with van der Waals surface area (Å²) in [7, 11) is 0. The van der Waals surface area contributed by atoms with Crippen LogP contribution in [0.25, 0.3) is 0 Å². The number of hydrogen-bond acceptors (Lipinski definition) is 5. The first-order valence-corrected chi connectivity index (χ1v) is 11.4. The Hall–Kier alpha value is -1.86. The molecule has 2 rings (SSSR count). The van der Waals surface area contributed by atoms with Crippen LogP contribution in [-0.2, 0) is 9.59 Å². The molecule has 1 fully saturated rings. The van der Waals surface area contributed by atoms with Crippen molar-refractivity contribution in [2.75, 3.05) is 6.54 Å². The normalized spacial score (nSPS) is 18.2. The number of benzene rings is 1. The Morgan fingerprint density at radius 3 is 2.59 bits per heavy atom. The van der Waals surface area contributed by atoms with Crippen LogP contribution in [0.5, 0.6) is 0 Å². The molecule has 0 aliphatic carbocycles. The molecule has 158 valence electrons. The maximum atomic E-state index is 12.1. The molecule has 1 saturated heterocycles. The van der Waals surface area contributed by atoms with Crippen molar-refractivity contribution in [3.05, 3.63) is 34.9 Å². The van der Waals surface area contributed by atoms with Crippen LogP contribution < -0.4 is 10.6 Å². The Morgan fingerprint density at radius 2 is 1.86 bits per heavy atom. The number of unbranched alkanes of at least 4 members (excludes halogenated alkanes) is 5. The first kappa shape index (κ1) is 23.4. The predicted octanol–water partition coefficient (Wildman–Crippen LogP) is 4.52. The molecule has 1 aromatic carbocycles. The van der Waals surface area contributed by atoms with Crippen LogP contribution in [0.2, 0.25) is 5.02 Å². The first-order chi connectivity index (χ1) is 14.0. The molecule has 0 bridgehead atoms. The Labute approximate surface area is 182 Å². The van der Waals surface area contributed by atoms with E-state index in [2.05, 4.69) is 27.8 Å². The summed E-state index contributed by atoms with van der Waals surface area (Å²) in [5, 5.41) is 14.5. The number of nitrogens with one attached hydrogen (secondary N) is 2. The van der Waals surface area contributed by atoms with E-state index in [4.69, 9.17) is 11.6 Å². The molecule has 0 aromatic heterocycles. The predicted molar refractivity (Wildman–Crippen MR) is 122 cm³/mol. The van der Waals surface area contributed by atoms with Gasteiger partial charge in [0.2, 0.25) is 11.8 Å².